The fourth-order valence-electron chi connectivity index (χ4n) is 2.93. The van der Waals surface area contributed by atoms with Crippen molar-refractivity contribution in [2.24, 2.45) is 0 Å². The number of nitrogens with one attached hydrogen (secondary N) is 1. The second-order valence-corrected chi connectivity index (χ2v) is 7.12. The Hall–Kier alpha value is -2.35. The fourth-order valence-corrected chi connectivity index (χ4v) is 3.40. The Morgan fingerprint density at radius 1 is 1.19 bits per heavy atom. The molecular formula is C19H16BrF3N2O2. The van der Waals surface area contributed by atoms with Crippen LogP contribution in [0, 0.1) is 0 Å². The molecule has 0 bridgehead atoms. The topological polar surface area (TPSA) is 49.4 Å². The molecule has 27 heavy (non-hydrogen) atoms. The van der Waals surface area contributed by atoms with Crippen molar-refractivity contribution >= 4 is 33.4 Å². The van der Waals surface area contributed by atoms with Gasteiger partial charge >= 0.3 is 6.18 Å². The van der Waals surface area contributed by atoms with E-state index in [1.54, 1.807) is 23.1 Å². The first kappa shape index (κ1) is 19.4. The number of benzene rings is 2. The van der Waals surface area contributed by atoms with Gasteiger partial charge in [-0.15, -0.1) is 0 Å². The molecule has 0 unspecified atom stereocenters. The predicted octanol–water partition coefficient (Wildman–Crippen LogP) is 4.84. The zero-order valence-corrected chi connectivity index (χ0v) is 15.7. The van der Waals surface area contributed by atoms with Gasteiger partial charge in [-0.25, -0.2) is 0 Å². The van der Waals surface area contributed by atoms with Crippen molar-refractivity contribution in [2.75, 3.05) is 11.9 Å². The molecule has 4 nitrogen and oxygen atoms in total. The lowest BCUT2D eigenvalue weighted by molar-refractivity contribution is -0.138. The molecule has 2 aromatic rings. The van der Waals surface area contributed by atoms with Crippen molar-refractivity contribution in [3.63, 3.8) is 0 Å². The SMILES string of the molecule is O=C(Nc1ccc(Br)c(C(F)(F)F)c1)c1cccc(CN2CCCC2=O)c1. The van der Waals surface area contributed by atoms with Crippen LogP contribution in [0.5, 0.6) is 0 Å². The third-order valence-electron chi connectivity index (χ3n) is 4.26. The third-order valence-corrected chi connectivity index (χ3v) is 4.96. The summed E-state index contributed by atoms with van der Waals surface area (Å²) in [6.07, 6.45) is -3.17. The molecule has 0 atom stereocenters. The van der Waals surface area contributed by atoms with Gasteiger partial charge in [0.15, 0.2) is 0 Å². The average molecular weight is 441 g/mol. The van der Waals surface area contributed by atoms with Crippen LogP contribution in [0.2, 0.25) is 0 Å². The molecule has 3 rings (SSSR count). The zero-order chi connectivity index (χ0) is 19.6. The molecule has 2 amide bonds. The smallest absolute Gasteiger partial charge is 0.338 e. The summed E-state index contributed by atoms with van der Waals surface area (Å²) in [7, 11) is 0. The van der Waals surface area contributed by atoms with Crippen LogP contribution < -0.4 is 5.32 Å². The lowest BCUT2D eigenvalue weighted by Gasteiger charge is -2.16. The Balaban J connectivity index is 1.75. The van der Waals surface area contributed by atoms with Crippen LogP contribution in [0.1, 0.15) is 34.3 Å². The van der Waals surface area contributed by atoms with E-state index in [-0.39, 0.29) is 16.1 Å². The molecule has 0 aliphatic carbocycles. The Kier molecular flexibility index (Phi) is 5.55. The first-order chi connectivity index (χ1) is 12.7. The summed E-state index contributed by atoms with van der Waals surface area (Å²) in [5.41, 5.74) is 0.303. The third kappa shape index (κ3) is 4.68. The van der Waals surface area contributed by atoms with E-state index in [1.807, 2.05) is 6.07 Å². The molecule has 8 heteroatoms. The molecule has 1 aliphatic heterocycles. The van der Waals surface area contributed by atoms with Crippen LogP contribution in [0.25, 0.3) is 0 Å². The monoisotopic (exact) mass is 440 g/mol. The molecule has 1 aliphatic rings. The first-order valence-corrected chi connectivity index (χ1v) is 9.08. The van der Waals surface area contributed by atoms with Gasteiger partial charge in [0.2, 0.25) is 5.91 Å². The second kappa shape index (κ2) is 7.72. The van der Waals surface area contributed by atoms with Gasteiger partial charge in [0.25, 0.3) is 5.91 Å². The van der Waals surface area contributed by atoms with E-state index in [0.717, 1.165) is 18.1 Å². The molecular weight excluding hydrogens is 425 g/mol. The Morgan fingerprint density at radius 3 is 2.63 bits per heavy atom. The van der Waals surface area contributed by atoms with Gasteiger partial charge < -0.3 is 10.2 Å². The van der Waals surface area contributed by atoms with Crippen LogP contribution in [-0.4, -0.2) is 23.3 Å². The largest absolute Gasteiger partial charge is 0.417 e. The van der Waals surface area contributed by atoms with E-state index >= 15 is 0 Å². The van der Waals surface area contributed by atoms with Crippen LogP contribution in [0.3, 0.4) is 0 Å². The van der Waals surface area contributed by atoms with Crippen LogP contribution in [-0.2, 0) is 17.5 Å². The number of hydrogen-bond donors (Lipinski definition) is 1. The molecule has 1 N–H and O–H groups in total. The fraction of sp³-hybridized carbons (Fsp3) is 0.263. The van der Waals surface area contributed by atoms with Crippen LogP contribution >= 0.6 is 15.9 Å². The van der Waals surface area contributed by atoms with Gasteiger partial charge in [-0.1, -0.05) is 28.1 Å². The number of amides is 2. The number of carbonyl (C=O) groups excluding carboxylic acids is 2. The Labute approximate surface area is 162 Å². The predicted molar refractivity (Wildman–Crippen MR) is 98.2 cm³/mol. The van der Waals surface area contributed by atoms with Gasteiger partial charge in [-0.2, -0.15) is 13.2 Å². The lowest BCUT2D eigenvalue weighted by Crippen LogP contribution is -2.24. The number of nitrogens with zero attached hydrogens (tertiary/aromatic N) is 1. The molecule has 0 aromatic heterocycles. The van der Waals surface area contributed by atoms with Crippen molar-refractivity contribution < 1.29 is 22.8 Å². The maximum absolute atomic E-state index is 13.0. The zero-order valence-electron chi connectivity index (χ0n) is 14.1. The van der Waals surface area contributed by atoms with Gasteiger partial charge in [0.05, 0.1) is 5.56 Å². The highest BCUT2D eigenvalue weighted by molar-refractivity contribution is 9.10. The minimum absolute atomic E-state index is 0.0515. The molecule has 1 saturated heterocycles. The van der Waals surface area contributed by atoms with Crippen molar-refractivity contribution in [3.05, 3.63) is 63.6 Å². The molecule has 2 aromatic carbocycles. The van der Waals surface area contributed by atoms with Gasteiger partial charge in [-0.3, -0.25) is 9.59 Å². The maximum atomic E-state index is 13.0. The summed E-state index contributed by atoms with van der Waals surface area (Å²) in [5, 5.41) is 2.49. The molecule has 0 saturated carbocycles. The number of hydrogen-bond acceptors (Lipinski definition) is 2. The minimum Gasteiger partial charge on any atom is -0.338 e. The highest BCUT2D eigenvalue weighted by Gasteiger charge is 2.33. The van der Waals surface area contributed by atoms with Crippen LogP contribution in [0.15, 0.2) is 46.9 Å². The molecule has 1 heterocycles. The lowest BCUT2D eigenvalue weighted by atomic mass is 10.1. The number of halogens is 4. The van der Waals surface area contributed by atoms with Crippen LogP contribution in [0.4, 0.5) is 18.9 Å². The van der Waals surface area contributed by atoms with E-state index < -0.39 is 17.6 Å². The van der Waals surface area contributed by atoms with E-state index in [4.69, 9.17) is 0 Å². The van der Waals surface area contributed by atoms with Gasteiger partial charge in [-0.05, 0) is 42.3 Å². The van der Waals surface area contributed by atoms with Crippen molar-refractivity contribution in [1.29, 1.82) is 0 Å². The summed E-state index contributed by atoms with van der Waals surface area (Å²) in [5.74, 6) is -0.431. The van der Waals surface area contributed by atoms with Crippen molar-refractivity contribution in [3.8, 4) is 0 Å². The van der Waals surface area contributed by atoms with E-state index in [9.17, 15) is 22.8 Å². The number of rotatable bonds is 4. The highest BCUT2D eigenvalue weighted by Crippen LogP contribution is 2.36. The van der Waals surface area contributed by atoms with Gasteiger partial charge in [0.1, 0.15) is 0 Å². The average Bonchev–Trinajstić information content (AvgIpc) is 3.00. The standard InChI is InChI=1S/C19H16BrF3N2O2/c20-16-7-6-14(10-15(16)19(21,22)23)24-18(27)13-4-1-3-12(9-13)11-25-8-2-5-17(25)26/h1,3-4,6-7,9-10H,2,5,8,11H2,(H,24,27). The maximum Gasteiger partial charge on any atom is 0.417 e. The second-order valence-electron chi connectivity index (χ2n) is 6.27. The molecule has 142 valence electrons. The quantitative estimate of drug-likeness (QED) is 0.738. The summed E-state index contributed by atoms with van der Waals surface area (Å²) in [6, 6.07) is 10.2. The van der Waals surface area contributed by atoms with Crippen molar-refractivity contribution in [1.82, 2.24) is 4.90 Å². The van der Waals surface area contributed by atoms with Crippen molar-refractivity contribution in [2.45, 2.75) is 25.6 Å². The van der Waals surface area contributed by atoms with E-state index in [2.05, 4.69) is 21.2 Å². The number of carbonyl (C=O) groups is 2. The Bertz CT molecular complexity index is 883. The number of anilines is 1. The van der Waals surface area contributed by atoms with E-state index in [1.165, 1.54) is 12.1 Å². The summed E-state index contributed by atoms with van der Waals surface area (Å²) in [6.45, 7) is 1.10. The molecule has 1 fully saturated rings. The summed E-state index contributed by atoms with van der Waals surface area (Å²) >= 11 is 2.87. The Morgan fingerprint density at radius 2 is 1.96 bits per heavy atom. The number of alkyl halides is 3. The van der Waals surface area contributed by atoms with Gasteiger partial charge in [0, 0.05) is 35.2 Å². The highest BCUT2D eigenvalue weighted by atomic mass is 79.9. The summed E-state index contributed by atoms with van der Waals surface area (Å²) in [4.78, 5) is 25.9. The normalized spacial score (nSPS) is 14.5. The number of likely N-dealkylation sites (tertiary alicyclic amines) is 1. The molecule has 0 radical (unpaired) electrons. The molecule has 0 spiro atoms. The first-order valence-electron chi connectivity index (χ1n) is 8.29. The van der Waals surface area contributed by atoms with E-state index in [0.29, 0.717) is 25.1 Å². The minimum atomic E-state index is -4.53. The summed E-state index contributed by atoms with van der Waals surface area (Å²) < 4.78 is 38.9.